The van der Waals surface area contributed by atoms with Crippen LogP contribution in [0.2, 0.25) is 0 Å². The van der Waals surface area contributed by atoms with Crippen LogP contribution in [0.4, 0.5) is 0 Å². The molecule has 323 valence electrons. The minimum Gasteiger partial charge on any atom is -0.660 e. The van der Waals surface area contributed by atoms with E-state index >= 15 is 0 Å². The van der Waals surface area contributed by atoms with Crippen LogP contribution in [0.3, 0.4) is 0 Å². The Morgan fingerprint density at radius 2 is 0.736 bits per heavy atom. The molecule has 0 aromatic carbocycles. The van der Waals surface area contributed by atoms with Crippen molar-refractivity contribution in [1.82, 2.24) is 0 Å². The van der Waals surface area contributed by atoms with Crippen LogP contribution in [0.5, 0.6) is 0 Å². The van der Waals surface area contributed by atoms with Crippen LogP contribution in [0, 0.1) is 5.92 Å². The average Bonchev–Trinajstić information content (AvgIpc) is 3.14. The number of esters is 1. The van der Waals surface area contributed by atoms with E-state index in [2.05, 4.69) is 69.2 Å². The first-order valence-corrected chi connectivity index (χ1v) is 24.2. The third kappa shape index (κ3) is 70.8. The maximum Gasteiger partial charge on any atom is 0.305 e. The molecule has 0 spiro atoms. The van der Waals surface area contributed by atoms with Crippen LogP contribution in [0.1, 0.15) is 289 Å². The normalized spacial score (nSPS) is 11.2. The summed E-state index contributed by atoms with van der Waals surface area (Å²) in [7, 11) is 0. The summed E-state index contributed by atoms with van der Waals surface area (Å²) in [4.78, 5) is 12.4. The van der Waals surface area contributed by atoms with Crippen molar-refractivity contribution >= 4 is 5.97 Å². The number of nitrogens with zero attached hydrogens (tertiary/aromatic N) is 1. The molecule has 0 aliphatic carbocycles. The van der Waals surface area contributed by atoms with E-state index < -0.39 is 0 Å². The molecule has 0 bridgehead atoms. The number of hydrogen-bond acceptors (Lipinski definition) is 2. The molecule has 0 aliphatic rings. The van der Waals surface area contributed by atoms with Gasteiger partial charge in [0.15, 0.2) is 0 Å². The second-order valence-electron chi connectivity index (χ2n) is 15.2. The molecule has 0 fully saturated rings. The molecule has 2 atom stereocenters. The third-order valence-electron chi connectivity index (χ3n) is 8.87. The minimum atomic E-state index is 0. The second-order valence-corrected chi connectivity index (χ2v) is 15.2. The molecule has 2 unspecified atom stereocenters. The van der Waals surface area contributed by atoms with Crippen LogP contribution in [0.15, 0.2) is 0 Å². The van der Waals surface area contributed by atoms with E-state index in [-0.39, 0.29) is 38.7 Å². The van der Waals surface area contributed by atoms with Crippen molar-refractivity contribution in [3.05, 3.63) is 5.32 Å². The summed E-state index contributed by atoms with van der Waals surface area (Å²) < 4.78 is 5.78. The molecule has 3 nitrogen and oxygen atoms in total. The summed E-state index contributed by atoms with van der Waals surface area (Å²) >= 11 is 0. The summed E-state index contributed by atoms with van der Waals surface area (Å²) in [5.74, 6) is 0.610. The van der Waals surface area contributed by atoms with Gasteiger partial charge in [-0.25, -0.2) is 0 Å². The van der Waals surface area contributed by atoms with E-state index in [9.17, 15) is 4.79 Å². The third-order valence-corrected chi connectivity index (χ3v) is 8.87. The molecule has 1 radical (unpaired) electrons. The van der Waals surface area contributed by atoms with E-state index in [1.807, 2.05) is 13.8 Å². The molecule has 0 rings (SSSR count). The van der Waals surface area contributed by atoms with Gasteiger partial charge in [0.25, 0.3) is 0 Å². The van der Waals surface area contributed by atoms with Crippen molar-refractivity contribution in [2.24, 2.45) is 5.92 Å². The van der Waals surface area contributed by atoms with Gasteiger partial charge in [0.1, 0.15) is 0 Å². The molecule has 0 N–H and O–H groups in total. The fourth-order valence-electron chi connectivity index (χ4n) is 5.94. The summed E-state index contributed by atoms with van der Waals surface area (Å²) in [6, 6.07) is 0.596. The first-order chi connectivity index (χ1) is 25.4. The zero-order valence-electron chi connectivity index (χ0n) is 39.5. The largest absolute Gasteiger partial charge is 0.660 e. The van der Waals surface area contributed by atoms with Gasteiger partial charge in [-0.15, -0.1) is 12.6 Å². The average molecular weight is 830 g/mol. The SMILES string of the molecule is CC.CCC.CCC.CCC.CCCCCCCCC(CCCCCC)COC(=O)CCCCCCCCC(CCCCCCCC)[N-]CCCC.[Y]. The minimum absolute atomic E-state index is 0. The Kier molecular flexibility index (Phi) is 83.0. The molecule has 53 heavy (non-hydrogen) atoms. The Morgan fingerprint density at radius 3 is 1.11 bits per heavy atom. The van der Waals surface area contributed by atoms with Gasteiger partial charge in [0, 0.05) is 39.1 Å². The van der Waals surface area contributed by atoms with Crippen LogP contribution >= 0.6 is 0 Å². The topological polar surface area (TPSA) is 40.4 Å². The summed E-state index contributed by atoms with van der Waals surface area (Å²) in [6.07, 6.45) is 40.8. The van der Waals surface area contributed by atoms with E-state index in [1.54, 1.807) is 0 Å². The van der Waals surface area contributed by atoms with E-state index in [0.29, 0.717) is 25.0 Å². The van der Waals surface area contributed by atoms with Crippen molar-refractivity contribution in [1.29, 1.82) is 0 Å². The quantitative estimate of drug-likeness (QED) is 0.0479. The van der Waals surface area contributed by atoms with Gasteiger partial charge in [-0.3, -0.25) is 4.79 Å². The zero-order chi connectivity index (χ0) is 40.2. The first-order valence-electron chi connectivity index (χ1n) is 24.2. The maximum atomic E-state index is 12.4. The van der Waals surface area contributed by atoms with Gasteiger partial charge in [0.05, 0.1) is 6.61 Å². The van der Waals surface area contributed by atoms with Gasteiger partial charge < -0.3 is 10.1 Å². The Hall–Kier alpha value is 0.534. The molecule has 0 heterocycles. The van der Waals surface area contributed by atoms with Gasteiger partial charge >= 0.3 is 5.97 Å². The molecule has 0 saturated carbocycles. The van der Waals surface area contributed by atoms with Gasteiger partial charge in [-0.05, 0) is 25.2 Å². The molecular weight excluding hydrogens is 723 g/mol. The van der Waals surface area contributed by atoms with Crippen LogP contribution in [-0.4, -0.2) is 25.2 Å². The van der Waals surface area contributed by atoms with Crippen LogP contribution < -0.4 is 0 Å². The number of carbonyl (C=O) groups is 1. The number of hydrogen-bond donors (Lipinski definition) is 0. The maximum absolute atomic E-state index is 12.4. The Labute approximate surface area is 364 Å². The van der Waals surface area contributed by atoms with E-state index in [4.69, 9.17) is 10.1 Å². The van der Waals surface area contributed by atoms with Crippen molar-refractivity contribution in [2.45, 2.75) is 295 Å². The van der Waals surface area contributed by atoms with E-state index in [1.165, 1.54) is 186 Å². The van der Waals surface area contributed by atoms with E-state index in [0.717, 1.165) is 19.4 Å². The molecule has 0 aromatic heterocycles. The molecule has 0 aliphatic heterocycles. The number of ether oxygens (including phenoxy) is 1. The number of unbranched alkanes of at least 4 members (excludes halogenated alkanes) is 19. The van der Waals surface area contributed by atoms with Gasteiger partial charge in [0.2, 0.25) is 0 Å². The van der Waals surface area contributed by atoms with Gasteiger partial charge in [-0.1, -0.05) is 263 Å². The smallest absolute Gasteiger partial charge is 0.305 e. The number of rotatable bonds is 34. The molecule has 0 aromatic rings. The molecular formula is C49H106NO2Y-. The van der Waals surface area contributed by atoms with Crippen molar-refractivity contribution in [3.63, 3.8) is 0 Å². The van der Waals surface area contributed by atoms with Crippen molar-refractivity contribution < 1.29 is 42.2 Å². The summed E-state index contributed by atoms with van der Waals surface area (Å²) in [6.45, 7) is 27.6. The second kappa shape index (κ2) is 67.3. The fraction of sp³-hybridized carbons (Fsp3) is 0.980. The monoisotopic (exact) mass is 830 g/mol. The standard InChI is InChI=1S/C38H76NO2.3C3H8.C2H6.Y/c1-5-9-13-16-20-25-30-36(29-24-15-11-7-3)35-41-38(40)33-28-23-19-18-22-27-32-37(39-34-12-8-4)31-26-21-17-14-10-6-2;3*1-3-2;1-2;/h36-37H,5-35H2,1-4H3;3*3H2,1-2H3;1-2H3;/q-1;;;;;. The molecule has 0 saturated heterocycles. The Morgan fingerprint density at radius 1 is 0.434 bits per heavy atom. The Balaban J connectivity index is -0.000000408. The summed E-state index contributed by atoms with van der Waals surface area (Å²) in [5.41, 5.74) is 0. The van der Waals surface area contributed by atoms with Crippen molar-refractivity contribution in [3.8, 4) is 0 Å². The zero-order valence-corrected chi connectivity index (χ0v) is 42.4. The molecule has 4 heteroatoms. The van der Waals surface area contributed by atoms with Crippen LogP contribution in [0.25, 0.3) is 5.32 Å². The Bertz CT molecular complexity index is 554. The summed E-state index contributed by atoms with van der Waals surface area (Å²) in [5, 5.41) is 5.05. The van der Waals surface area contributed by atoms with Crippen LogP contribution in [-0.2, 0) is 42.2 Å². The first kappa shape index (κ1) is 65.4. The van der Waals surface area contributed by atoms with Gasteiger partial charge in [-0.2, -0.15) is 0 Å². The molecule has 0 amide bonds. The predicted molar refractivity (Wildman–Crippen MR) is 242 cm³/mol. The number of carbonyl (C=O) groups excluding carboxylic acids is 1. The van der Waals surface area contributed by atoms with Crippen molar-refractivity contribution in [2.75, 3.05) is 13.2 Å². The predicted octanol–water partition coefficient (Wildman–Crippen LogP) is 18.6. The fourth-order valence-corrected chi connectivity index (χ4v) is 5.94.